The number of benzene rings is 1. The zero-order valence-corrected chi connectivity index (χ0v) is 19.7. The van der Waals surface area contributed by atoms with Crippen molar-refractivity contribution in [2.24, 2.45) is 7.05 Å². The van der Waals surface area contributed by atoms with E-state index in [2.05, 4.69) is 58.3 Å². The molecule has 0 aliphatic carbocycles. The maximum absolute atomic E-state index is 12.3. The van der Waals surface area contributed by atoms with Gasteiger partial charge in [-0.2, -0.15) is 5.10 Å². The van der Waals surface area contributed by atoms with Gasteiger partial charge in [0.25, 0.3) is 5.91 Å². The highest BCUT2D eigenvalue weighted by molar-refractivity contribution is 5.92. The predicted octanol–water partition coefficient (Wildman–Crippen LogP) is 3.21. The lowest BCUT2D eigenvalue weighted by molar-refractivity contribution is -0.0764. The number of anilines is 1. The maximum atomic E-state index is 12.3. The number of nitrogens with one attached hydrogen (secondary N) is 1. The van der Waals surface area contributed by atoms with E-state index in [0.717, 1.165) is 58.4 Å². The summed E-state index contributed by atoms with van der Waals surface area (Å²) < 4.78 is 8.08. The molecule has 1 spiro atoms. The summed E-state index contributed by atoms with van der Waals surface area (Å²) in [6, 6.07) is 10.8. The third-order valence-corrected chi connectivity index (χ3v) is 7.12. The van der Waals surface area contributed by atoms with Crippen molar-refractivity contribution in [3.05, 3.63) is 47.8 Å². The molecular weight excluding hydrogens is 402 g/mol. The average Bonchev–Trinajstić information content (AvgIpc) is 3.42. The van der Waals surface area contributed by atoms with Crippen LogP contribution in [0.1, 0.15) is 55.6 Å². The van der Waals surface area contributed by atoms with Crippen LogP contribution in [-0.4, -0.2) is 65.0 Å². The number of piperidine rings is 1. The van der Waals surface area contributed by atoms with Gasteiger partial charge in [0.15, 0.2) is 0 Å². The first-order chi connectivity index (χ1) is 15.5. The topological polar surface area (TPSA) is 62.6 Å². The molecule has 0 unspecified atom stereocenters. The zero-order valence-electron chi connectivity index (χ0n) is 19.7. The van der Waals surface area contributed by atoms with Crippen molar-refractivity contribution in [3.8, 4) is 0 Å². The second-order valence-electron chi connectivity index (χ2n) is 9.13. The quantitative estimate of drug-likeness (QED) is 0.684. The number of hydrogen-bond acceptors (Lipinski definition) is 5. The summed E-state index contributed by atoms with van der Waals surface area (Å²) in [5.74, 6) is -0.0867. The lowest BCUT2D eigenvalue weighted by Crippen LogP contribution is -2.44. The standard InChI is InChI=1S/C25H37N5O2/c1-4-30(5-2)21-8-6-20(7-9-21)19-29-16-13-25(14-17-29)12-10-22(32-25)18-26-24(31)23-11-15-27-28(23)3/h6-9,11,15,22H,4-5,10,12-14,16-19H2,1-3H3,(H,26,31)/t22-/m0/s1. The summed E-state index contributed by atoms with van der Waals surface area (Å²) in [6.07, 6.45) is 5.98. The molecule has 2 aromatic rings. The van der Waals surface area contributed by atoms with Crippen molar-refractivity contribution in [1.82, 2.24) is 20.0 Å². The molecule has 32 heavy (non-hydrogen) atoms. The number of aromatic nitrogens is 2. The van der Waals surface area contributed by atoms with Crippen LogP contribution < -0.4 is 10.2 Å². The Bertz CT molecular complexity index is 882. The minimum Gasteiger partial charge on any atom is -0.372 e. The molecule has 2 aliphatic rings. The fraction of sp³-hybridized carbons (Fsp3) is 0.600. The minimum atomic E-state index is -0.0867. The van der Waals surface area contributed by atoms with Gasteiger partial charge in [0, 0.05) is 58.2 Å². The summed E-state index contributed by atoms with van der Waals surface area (Å²) in [5.41, 5.74) is 3.25. The van der Waals surface area contributed by atoms with Crippen LogP contribution in [0.5, 0.6) is 0 Å². The van der Waals surface area contributed by atoms with Gasteiger partial charge in [-0.25, -0.2) is 0 Å². The molecule has 2 fully saturated rings. The van der Waals surface area contributed by atoms with E-state index in [0.29, 0.717) is 12.2 Å². The first kappa shape index (κ1) is 22.8. The van der Waals surface area contributed by atoms with E-state index in [1.54, 1.807) is 24.0 Å². The summed E-state index contributed by atoms with van der Waals surface area (Å²) in [5, 5.41) is 7.07. The van der Waals surface area contributed by atoms with Gasteiger partial charge in [-0.1, -0.05) is 12.1 Å². The summed E-state index contributed by atoms with van der Waals surface area (Å²) in [4.78, 5) is 17.2. The van der Waals surface area contributed by atoms with Crippen LogP contribution in [0.4, 0.5) is 5.69 Å². The monoisotopic (exact) mass is 439 g/mol. The molecule has 174 valence electrons. The van der Waals surface area contributed by atoms with Crippen LogP contribution in [-0.2, 0) is 18.3 Å². The molecule has 0 saturated carbocycles. The molecule has 3 heterocycles. The second kappa shape index (κ2) is 10.0. The van der Waals surface area contributed by atoms with Gasteiger partial charge in [0.2, 0.25) is 0 Å². The Morgan fingerprint density at radius 2 is 1.88 bits per heavy atom. The number of nitrogens with zero attached hydrogens (tertiary/aromatic N) is 4. The fourth-order valence-corrected chi connectivity index (χ4v) is 5.08. The highest BCUT2D eigenvalue weighted by atomic mass is 16.5. The Morgan fingerprint density at radius 3 is 2.50 bits per heavy atom. The van der Waals surface area contributed by atoms with Gasteiger partial charge in [-0.05, 0) is 63.3 Å². The third kappa shape index (κ3) is 5.15. The van der Waals surface area contributed by atoms with E-state index in [1.165, 1.54) is 11.3 Å². The first-order valence-corrected chi connectivity index (χ1v) is 12.0. The maximum Gasteiger partial charge on any atom is 0.269 e. The molecule has 7 heteroatoms. The van der Waals surface area contributed by atoms with E-state index in [-0.39, 0.29) is 17.6 Å². The molecule has 0 bridgehead atoms. The predicted molar refractivity (Wildman–Crippen MR) is 127 cm³/mol. The zero-order chi connectivity index (χ0) is 22.6. The smallest absolute Gasteiger partial charge is 0.269 e. The molecule has 0 radical (unpaired) electrons. The summed E-state index contributed by atoms with van der Waals surface area (Å²) in [7, 11) is 1.78. The molecule has 4 rings (SSSR count). The molecule has 7 nitrogen and oxygen atoms in total. The van der Waals surface area contributed by atoms with Crippen molar-refractivity contribution in [2.45, 2.75) is 57.8 Å². The largest absolute Gasteiger partial charge is 0.372 e. The number of carbonyl (C=O) groups is 1. The summed E-state index contributed by atoms with van der Waals surface area (Å²) >= 11 is 0. The van der Waals surface area contributed by atoms with Crippen molar-refractivity contribution in [2.75, 3.05) is 37.6 Å². The van der Waals surface area contributed by atoms with Gasteiger partial charge in [0.1, 0.15) is 5.69 Å². The second-order valence-corrected chi connectivity index (χ2v) is 9.13. The van der Waals surface area contributed by atoms with Crippen molar-refractivity contribution in [1.29, 1.82) is 0 Å². The van der Waals surface area contributed by atoms with Crippen LogP contribution >= 0.6 is 0 Å². The highest BCUT2D eigenvalue weighted by Gasteiger charge is 2.42. The van der Waals surface area contributed by atoms with E-state index >= 15 is 0 Å². The molecule has 2 saturated heterocycles. The molecule has 1 atom stereocenters. The number of carbonyl (C=O) groups excluding carboxylic acids is 1. The number of likely N-dealkylation sites (tertiary alicyclic amines) is 1. The van der Waals surface area contributed by atoms with Crippen LogP contribution in [0.2, 0.25) is 0 Å². The van der Waals surface area contributed by atoms with Gasteiger partial charge in [-0.15, -0.1) is 0 Å². The third-order valence-electron chi connectivity index (χ3n) is 7.12. The van der Waals surface area contributed by atoms with Crippen LogP contribution in [0.3, 0.4) is 0 Å². The number of hydrogen-bond donors (Lipinski definition) is 1. The molecule has 1 N–H and O–H groups in total. The molecule has 1 amide bonds. The molecule has 1 aromatic carbocycles. The van der Waals surface area contributed by atoms with Gasteiger partial charge in [0.05, 0.1) is 11.7 Å². The van der Waals surface area contributed by atoms with Crippen molar-refractivity contribution < 1.29 is 9.53 Å². The minimum absolute atomic E-state index is 0.00889. The summed E-state index contributed by atoms with van der Waals surface area (Å²) in [6.45, 7) is 10.2. The van der Waals surface area contributed by atoms with Gasteiger partial charge >= 0.3 is 0 Å². The van der Waals surface area contributed by atoms with Gasteiger partial charge in [-0.3, -0.25) is 14.4 Å². The van der Waals surface area contributed by atoms with Crippen molar-refractivity contribution in [3.63, 3.8) is 0 Å². The average molecular weight is 440 g/mol. The number of amides is 1. The van der Waals surface area contributed by atoms with E-state index in [4.69, 9.17) is 4.74 Å². The molecular formula is C25H37N5O2. The Balaban J connectivity index is 1.22. The Kier molecular flexibility index (Phi) is 7.16. The Labute approximate surface area is 191 Å². The SMILES string of the molecule is CCN(CC)c1ccc(CN2CCC3(CC[C@@H](CNC(=O)c4ccnn4C)O3)CC2)cc1. The van der Waals surface area contributed by atoms with E-state index < -0.39 is 0 Å². The number of rotatable bonds is 8. The van der Waals surface area contributed by atoms with Crippen LogP contribution in [0, 0.1) is 0 Å². The Hall–Kier alpha value is -2.38. The van der Waals surface area contributed by atoms with Crippen LogP contribution in [0.25, 0.3) is 0 Å². The van der Waals surface area contributed by atoms with Gasteiger partial charge < -0.3 is 15.0 Å². The lowest BCUT2D eigenvalue weighted by atomic mass is 9.88. The first-order valence-electron chi connectivity index (χ1n) is 12.0. The Morgan fingerprint density at radius 1 is 1.16 bits per heavy atom. The lowest BCUT2D eigenvalue weighted by Gasteiger charge is -2.39. The number of ether oxygens (including phenoxy) is 1. The highest BCUT2D eigenvalue weighted by Crippen LogP contribution is 2.39. The van der Waals surface area contributed by atoms with Crippen LogP contribution in [0.15, 0.2) is 36.5 Å². The van der Waals surface area contributed by atoms with Crippen molar-refractivity contribution >= 4 is 11.6 Å². The van der Waals surface area contributed by atoms with E-state index in [9.17, 15) is 4.79 Å². The normalized spacial score (nSPS) is 20.5. The fourth-order valence-electron chi connectivity index (χ4n) is 5.08. The molecule has 2 aliphatic heterocycles. The number of aryl methyl sites for hydroxylation is 1. The molecule has 1 aromatic heterocycles. The van der Waals surface area contributed by atoms with E-state index in [1.807, 2.05) is 0 Å².